The standard InChI is InChI=1S/C22H22N2O3S2/c1-11(2)24-21(26)19-13(4)14(5)29-20(19)23-22(24)28-10-15-9-18(25)27-17-8-12(3)6-7-16(15)17/h6-9,11H,10H2,1-5H3. The number of hydrogen-bond acceptors (Lipinski definition) is 6. The number of nitrogens with zero attached hydrogens (tertiary/aromatic N) is 2. The molecule has 4 aromatic rings. The Morgan fingerprint density at radius 3 is 2.66 bits per heavy atom. The Hall–Kier alpha value is -2.38. The third-order valence-electron chi connectivity index (χ3n) is 5.06. The molecule has 0 aliphatic carbocycles. The third kappa shape index (κ3) is 3.53. The highest BCUT2D eigenvalue weighted by Gasteiger charge is 2.19. The summed E-state index contributed by atoms with van der Waals surface area (Å²) in [5.74, 6) is 0.527. The van der Waals surface area contributed by atoms with Crippen molar-refractivity contribution in [3.63, 3.8) is 0 Å². The van der Waals surface area contributed by atoms with Crippen LogP contribution in [0.15, 0.2) is 43.4 Å². The fourth-order valence-electron chi connectivity index (χ4n) is 3.44. The predicted octanol–water partition coefficient (Wildman–Crippen LogP) is 5.36. The van der Waals surface area contributed by atoms with Gasteiger partial charge in [-0.2, -0.15) is 0 Å². The molecule has 0 aliphatic heterocycles. The fourth-order valence-corrected chi connectivity index (χ4v) is 5.63. The van der Waals surface area contributed by atoms with Gasteiger partial charge in [-0.1, -0.05) is 23.9 Å². The van der Waals surface area contributed by atoms with Gasteiger partial charge < -0.3 is 4.42 Å². The topological polar surface area (TPSA) is 65.1 Å². The van der Waals surface area contributed by atoms with Crippen molar-refractivity contribution >= 4 is 44.3 Å². The van der Waals surface area contributed by atoms with Gasteiger partial charge in [0, 0.05) is 28.1 Å². The fraction of sp³-hybridized carbons (Fsp3) is 0.318. The Morgan fingerprint density at radius 2 is 1.93 bits per heavy atom. The van der Waals surface area contributed by atoms with Crippen molar-refractivity contribution < 1.29 is 4.42 Å². The molecular formula is C22H22N2O3S2. The maximum Gasteiger partial charge on any atom is 0.336 e. The van der Waals surface area contributed by atoms with Crippen molar-refractivity contribution in [3.8, 4) is 0 Å². The van der Waals surface area contributed by atoms with Crippen LogP contribution >= 0.6 is 23.1 Å². The molecule has 1 aromatic carbocycles. The summed E-state index contributed by atoms with van der Waals surface area (Å²) in [5.41, 5.74) is 3.15. The van der Waals surface area contributed by atoms with E-state index < -0.39 is 0 Å². The number of benzene rings is 1. The SMILES string of the molecule is Cc1ccc2c(CSc3nc4sc(C)c(C)c4c(=O)n3C(C)C)cc(=O)oc2c1. The summed E-state index contributed by atoms with van der Waals surface area (Å²) < 4.78 is 7.11. The van der Waals surface area contributed by atoms with Gasteiger partial charge in [-0.15, -0.1) is 11.3 Å². The Labute approximate surface area is 176 Å². The molecule has 0 fully saturated rings. The summed E-state index contributed by atoms with van der Waals surface area (Å²) >= 11 is 3.03. The first kappa shape index (κ1) is 19.9. The van der Waals surface area contributed by atoms with E-state index in [-0.39, 0.29) is 17.2 Å². The minimum atomic E-state index is -0.368. The number of aromatic nitrogens is 2. The first-order valence-corrected chi connectivity index (χ1v) is 11.2. The van der Waals surface area contributed by atoms with Crippen LogP contribution in [-0.2, 0) is 5.75 Å². The molecule has 7 heteroatoms. The average Bonchev–Trinajstić information content (AvgIpc) is 2.92. The molecule has 5 nitrogen and oxygen atoms in total. The summed E-state index contributed by atoms with van der Waals surface area (Å²) in [5, 5.41) is 2.30. The Bertz CT molecular complexity index is 1360. The van der Waals surface area contributed by atoms with Gasteiger partial charge >= 0.3 is 5.63 Å². The van der Waals surface area contributed by atoms with Crippen LogP contribution in [-0.4, -0.2) is 9.55 Å². The lowest BCUT2D eigenvalue weighted by molar-refractivity contribution is 0.519. The van der Waals surface area contributed by atoms with Gasteiger partial charge in [0.15, 0.2) is 5.16 Å². The highest BCUT2D eigenvalue weighted by molar-refractivity contribution is 7.98. The predicted molar refractivity (Wildman–Crippen MR) is 121 cm³/mol. The average molecular weight is 427 g/mol. The summed E-state index contributed by atoms with van der Waals surface area (Å²) in [7, 11) is 0. The van der Waals surface area contributed by atoms with Crippen LogP contribution in [0.5, 0.6) is 0 Å². The van der Waals surface area contributed by atoms with Crippen LogP contribution in [0.3, 0.4) is 0 Å². The van der Waals surface area contributed by atoms with Crippen LogP contribution in [0.4, 0.5) is 0 Å². The monoisotopic (exact) mass is 426 g/mol. The number of aryl methyl sites for hydroxylation is 3. The summed E-state index contributed by atoms with van der Waals surface area (Å²) in [6.07, 6.45) is 0. The van der Waals surface area contributed by atoms with Crippen LogP contribution in [0.1, 0.15) is 41.5 Å². The lowest BCUT2D eigenvalue weighted by Crippen LogP contribution is -2.25. The Kier molecular flexibility index (Phi) is 5.12. The van der Waals surface area contributed by atoms with E-state index in [0.29, 0.717) is 21.9 Å². The second-order valence-electron chi connectivity index (χ2n) is 7.51. The van der Waals surface area contributed by atoms with Gasteiger partial charge in [0.1, 0.15) is 10.4 Å². The van der Waals surface area contributed by atoms with Crippen molar-refractivity contribution in [2.24, 2.45) is 0 Å². The molecule has 0 unspecified atom stereocenters. The zero-order chi connectivity index (χ0) is 20.9. The second-order valence-corrected chi connectivity index (χ2v) is 9.65. The van der Waals surface area contributed by atoms with Gasteiger partial charge in [0.2, 0.25) is 0 Å². The Morgan fingerprint density at radius 1 is 1.17 bits per heavy atom. The van der Waals surface area contributed by atoms with Crippen LogP contribution in [0.25, 0.3) is 21.2 Å². The molecule has 0 saturated carbocycles. The maximum atomic E-state index is 13.2. The van der Waals surface area contributed by atoms with E-state index in [0.717, 1.165) is 31.8 Å². The van der Waals surface area contributed by atoms with Crippen LogP contribution in [0.2, 0.25) is 0 Å². The molecule has 3 aromatic heterocycles. The summed E-state index contributed by atoms with van der Waals surface area (Å²) in [6, 6.07) is 7.36. The smallest absolute Gasteiger partial charge is 0.336 e. The molecule has 0 N–H and O–H groups in total. The van der Waals surface area contributed by atoms with E-state index in [1.165, 1.54) is 17.8 Å². The molecule has 0 atom stereocenters. The quantitative estimate of drug-likeness (QED) is 0.250. The largest absolute Gasteiger partial charge is 0.423 e. The lowest BCUT2D eigenvalue weighted by atomic mass is 10.1. The lowest BCUT2D eigenvalue weighted by Gasteiger charge is -2.15. The molecule has 0 saturated heterocycles. The molecule has 0 amide bonds. The summed E-state index contributed by atoms with van der Waals surface area (Å²) in [6.45, 7) is 9.94. The van der Waals surface area contributed by atoms with Gasteiger partial charge in [0.05, 0.1) is 5.39 Å². The number of thioether (sulfide) groups is 1. The maximum absolute atomic E-state index is 13.2. The second kappa shape index (κ2) is 7.46. The van der Waals surface area contributed by atoms with E-state index in [9.17, 15) is 9.59 Å². The zero-order valence-electron chi connectivity index (χ0n) is 17.0. The molecular weight excluding hydrogens is 404 g/mol. The Balaban J connectivity index is 1.81. The minimum Gasteiger partial charge on any atom is -0.423 e. The van der Waals surface area contributed by atoms with Crippen molar-refractivity contribution in [2.75, 3.05) is 0 Å². The van der Waals surface area contributed by atoms with Crippen molar-refractivity contribution in [2.45, 2.75) is 51.6 Å². The minimum absolute atomic E-state index is 0.00223. The first-order chi connectivity index (χ1) is 13.8. The van der Waals surface area contributed by atoms with Crippen molar-refractivity contribution in [1.29, 1.82) is 0 Å². The highest BCUT2D eigenvalue weighted by atomic mass is 32.2. The zero-order valence-corrected chi connectivity index (χ0v) is 18.7. The van der Waals surface area contributed by atoms with E-state index >= 15 is 0 Å². The van der Waals surface area contributed by atoms with Gasteiger partial charge in [-0.25, -0.2) is 9.78 Å². The molecule has 150 valence electrons. The van der Waals surface area contributed by atoms with Crippen LogP contribution in [0, 0.1) is 20.8 Å². The first-order valence-electron chi connectivity index (χ1n) is 9.44. The van der Waals surface area contributed by atoms with E-state index in [4.69, 9.17) is 9.40 Å². The molecule has 4 rings (SSSR count). The molecule has 29 heavy (non-hydrogen) atoms. The highest BCUT2D eigenvalue weighted by Crippen LogP contribution is 2.31. The van der Waals surface area contributed by atoms with Crippen molar-refractivity contribution in [3.05, 3.63) is 66.6 Å². The molecule has 0 spiro atoms. The van der Waals surface area contributed by atoms with Crippen molar-refractivity contribution in [1.82, 2.24) is 9.55 Å². The number of hydrogen-bond donors (Lipinski definition) is 0. The van der Waals surface area contributed by atoms with E-state index in [1.807, 2.05) is 52.8 Å². The van der Waals surface area contributed by atoms with Gasteiger partial charge in [0.25, 0.3) is 5.56 Å². The number of thiophene rings is 1. The molecule has 0 radical (unpaired) electrons. The van der Waals surface area contributed by atoms with E-state index in [1.54, 1.807) is 15.9 Å². The summed E-state index contributed by atoms with van der Waals surface area (Å²) in [4.78, 5) is 31.9. The third-order valence-corrected chi connectivity index (χ3v) is 7.16. The normalized spacial score (nSPS) is 11.8. The molecule has 3 heterocycles. The number of fused-ring (bicyclic) bond motifs is 2. The molecule has 0 bridgehead atoms. The van der Waals surface area contributed by atoms with Gasteiger partial charge in [-0.3, -0.25) is 9.36 Å². The van der Waals surface area contributed by atoms with Crippen LogP contribution < -0.4 is 11.2 Å². The van der Waals surface area contributed by atoms with Gasteiger partial charge in [-0.05, 0) is 57.4 Å². The van der Waals surface area contributed by atoms with E-state index in [2.05, 4.69) is 0 Å². The molecule has 0 aliphatic rings. The number of rotatable bonds is 4.